The molecule has 1 saturated heterocycles. The Hall–Kier alpha value is -2.97. The van der Waals surface area contributed by atoms with Gasteiger partial charge in [0.15, 0.2) is 0 Å². The SMILES string of the molecule is COc1ccc(CNC(=O)C(=O)NC[C@H](c2ccc(F)cc2)N2CCN(C)CC2)cc1. The fraction of sp³-hybridized carbons (Fsp3) is 0.391. The van der Waals surface area contributed by atoms with Gasteiger partial charge in [0.2, 0.25) is 0 Å². The Kier molecular flexibility index (Phi) is 7.97. The van der Waals surface area contributed by atoms with Crippen molar-refractivity contribution in [3.8, 4) is 5.75 Å². The number of hydrogen-bond donors (Lipinski definition) is 2. The summed E-state index contributed by atoms with van der Waals surface area (Å²) in [5.41, 5.74) is 1.77. The largest absolute Gasteiger partial charge is 0.497 e. The Balaban J connectivity index is 1.56. The number of hydrogen-bond acceptors (Lipinski definition) is 5. The van der Waals surface area contributed by atoms with Crippen molar-refractivity contribution in [3.05, 3.63) is 65.5 Å². The summed E-state index contributed by atoms with van der Waals surface area (Å²) in [4.78, 5) is 29.1. The third kappa shape index (κ3) is 6.50. The predicted octanol–water partition coefficient (Wildman–Crippen LogP) is 1.56. The molecule has 0 aromatic heterocycles. The van der Waals surface area contributed by atoms with E-state index in [-0.39, 0.29) is 24.9 Å². The van der Waals surface area contributed by atoms with Crippen LogP contribution in [0.1, 0.15) is 17.2 Å². The van der Waals surface area contributed by atoms with Crippen LogP contribution < -0.4 is 15.4 Å². The molecule has 2 aromatic carbocycles. The summed E-state index contributed by atoms with van der Waals surface area (Å²) >= 11 is 0. The van der Waals surface area contributed by atoms with Crippen LogP contribution in [0.25, 0.3) is 0 Å². The minimum absolute atomic E-state index is 0.132. The molecule has 0 bridgehead atoms. The summed E-state index contributed by atoms with van der Waals surface area (Å²) in [6.07, 6.45) is 0. The zero-order valence-corrected chi connectivity index (χ0v) is 17.9. The number of amides is 2. The molecule has 1 fully saturated rings. The molecular formula is C23H29FN4O3. The topological polar surface area (TPSA) is 73.9 Å². The molecule has 166 valence electrons. The fourth-order valence-electron chi connectivity index (χ4n) is 3.55. The summed E-state index contributed by atoms with van der Waals surface area (Å²) in [7, 11) is 3.65. The van der Waals surface area contributed by atoms with E-state index in [9.17, 15) is 14.0 Å². The van der Waals surface area contributed by atoms with Gasteiger partial charge in [-0.1, -0.05) is 24.3 Å². The number of likely N-dealkylation sites (N-methyl/N-ethyl adjacent to an activating group) is 1. The average Bonchev–Trinajstić information content (AvgIpc) is 2.80. The van der Waals surface area contributed by atoms with Crippen LogP contribution in [0.2, 0.25) is 0 Å². The molecule has 1 aliphatic heterocycles. The van der Waals surface area contributed by atoms with Crippen LogP contribution in [-0.2, 0) is 16.1 Å². The highest BCUT2D eigenvalue weighted by molar-refractivity contribution is 6.35. The van der Waals surface area contributed by atoms with Crippen LogP contribution in [0, 0.1) is 5.82 Å². The van der Waals surface area contributed by atoms with Gasteiger partial charge in [-0.05, 0) is 42.4 Å². The molecule has 2 aromatic rings. The minimum atomic E-state index is -0.688. The van der Waals surface area contributed by atoms with E-state index in [0.29, 0.717) is 0 Å². The number of ether oxygens (including phenoxy) is 1. The minimum Gasteiger partial charge on any atom is -0.497 e. The zero-order valence-electron chi connectivity index (χ0n) is 17.9. The van der Waals surface area contributed by atoms with Crippen LogP contribution >= 0.6 is 0 Å². The number of benzene rings is 2. The molecule has 0 aliphatic carbocycles. The first-order valence-corrected chi connectivity index (χ1v) is 10.3. The molecule has 0 spiro atoms. The Morgan fingerprint density at radius 2 is 1.58 bits per heavy atom. The second kappa shape index (κ2) is 10.9. The second-order valence-electron chi connectivity index (χ2n) is 7.65. The second-order valence-corrected chi connectivity index (χ2v) is 7.65. The molecule has 0 radical (unpaired) electrons. The van der Waals surface area contributed by atoms with Gasteiger partial charge in [-0.25, -0.2) is 4.39 Å². The van der Waals surface area contributed by atoms with Crippen molar-refractivity contribution in [1.29, 1.82) is 0 Å². The normalized spacial score (nSPS) is 15.8. The number of nitrogens with one attached hydrogen (secondary N) is 2. The molecule has 1 heterocycles. The average molecular weight is 429 g/mol. The lowest BCUT2D eigenvalue weighted by Gasteiger charge is -2.38. The molecule has 1 atom stereocenters. The van der Waals surface area contributed by atoms with E-state index in [1.165, 1.54) is 12.1 Å². The smallest absolute Gasteiger partial charge is 0.309 e. The molecule has 2 N–H and O–H groups in total. The van der Waals surface area contributed by atoms with Crippen LogP contribution in [0.3, 0.4) is 0 Å². The first kappa shape index (κ1) is 22.7. The maximum Gasteiger partial charge on any atom is 0.309 e. The van der Waals surface area contributed by atoms with Gasteiger partial charge in [0, 0.05) is 39.3 Å². The maximum absolute atomic E-state index is 13.4. The highest BCUT2D eigenvalue weighted by Crippen LogP contribution is 2.22. The third-order valence-electron chi connectivity index (χ3n) is 5.51. The first-order chi connectivity index (χ1) is 15.0. The number of carbonyl (C=O) groups excluding carboxylic acids is 2. The molecule has 31 heavy (non-hydrogen) atoms. The van der Waals surface area contributed by atoms with E-state index in [4.69, 9.17) is 4.74 Å². The third-order valence-corrected chi connectivity index (χ3v) is 5.51. The van der Waals surface area contributed by atoms with Gasteiger partial charge in [0.1, 0.15) is 11.6 Å². The maximum atomic E-state index is 13.4. The van der Waals surface area contributed by atoms with Crippen molar-refractivity contribution in [3.63, 3.8) is 0 Å². The molecule has 8 heteroatoms. The monoisotopic (exact) mass is 428 g/mol. The number of piperazine rings is 1. The van der Waals surface area contributed by atoms with Crippen molar-refractivity contribution in [2.45, 2.75) is 12.6 Å². The van der Waals surface area contributed by atoms with Crippen LogP contribution in [0.5, 0.6) is 5.75 Å². The Morgan fingerprint density at radius 3 is 2.19 bits per heavy atom. The molecular weight excluding hydrogens is 399 g/mol. The van der Waals surface area contributed by atoms with Gasteiger partial charge in [-0.3, -0.25) is 14.5 Å². The van der Waals surface area contributed by atoms with Gasteiger partial charge in [-0.2, -0.15) is 0 Å². The standard InChI is InChI=1S/C23H29FN4O3/c1-27-11-13-28(14-12-27)21(18-5-7-19(24)8-6-18)16-26-23(30)22(29)25-15-17-3-9-20(31-2)10-4-17/h3-10,21H,11-16H2,1-2H3,(H,25,29)(H,26,30)/t21-/m1/s1. The fourth-order valence-corrected chi connectivity index (χ4v) is 3.55. The van der Waals surface area contributed by atoms with Crippen LogP contribution in [0.4, 0.5) is 4.39 Å². The highest BCUT2D eigenvalue weighted by Gasteiger charge is 2.25. The van der Waals surface area contributed by atoms with E-state index >= 15 is 0 Å². The van der Waals surface area contributed by atoms with Crippen molar-refractivity contribution >= 4 is 11.8 Å². The molecule has 7 nitrogen and oxygen atoms in total. The first-order valence-electron chi connectivity index (χ1n) is 10.3. The Labute approximate surface area is 182 Å². The molecule has 3 rings (SSSR count). The van der Waals surface area contributed by atoms with Gasteiger partial charge in [0.25, 0.3) is 0 Å². The number of carbonyl (C=O) groups is 2. The van der Waals surface area contributed by atoms with Crippen molar-refractivity contribution < 1.29 is 18.7 Å². The summed E-state index contributed by atoms with van der Waals surface area (Å²) in [5, 5.41) is 5.37. The number of halogens is 1. The zero-order chi connectivity index (χ0) is 22.2. The lowest BCUT2D eigenvalue weighted by atomic mass is 10.0. The summed E-state index contributed by atoms with van der Waals surface area (Å²) in [6, 6.07) is 13.4. The molecule has 0 unspecified atom stereocenters. The molecule has 1 aliphatic rings. The van der Waals surface area contributed by atoms with Gasteiger partial charge in [-0.15, -0.1) is 0 Å². The number of rotatable bonds is 7. The quantitative estimate of drug-likeness (QED) is 0.655. The lowest BCUT2D eigenvalue weighted by Crippen LogP contribution is -2.49. The lowest BCUT2D eigenvalue weighted by molar-refractivity contribution is -0.139. The number of nitrogens with zero attached hydrogens (tertiary/aromatic N) is 2. The Morgan fingerprint density at radius 1 is 0.968 bits per heavy atom. The summed E-state index contributed by atoms with van der Waals surface area (Å²) in [6.45, 7) is 4.00. The van der Waals surface area contributed by atoms with E-state index in [1.807, 2.05) is 12.1 Å². The van der Waals surface area contributed by atoms with E-state index in [1.54, 1.807) is 31.4 Å². The highest BCUT2D eigenvalue weighted by atomic mass is 19.1. The Bertz CT molecular complexity index is 865. The van der Waals surface area contributed by atoms with Crippen molar-refractivity contribution in [2.24, 2.45) is 0 Å². The van der Waals surface area contributed by atoms with Crippen molar-refractivity contribution in [1.82, 2.24) is 20.4 Å². The molecule has 2 amide bonds. The van der Waals surface area contributed by atoms with Crippen LogP contribution in [0.15, 0.2) is 48.5 Å². The number of methoxy groups -OCH3 is 1. The predicted molar refractivity (Wildman–Crippen MR) is 116 cm³/mol. The summed E-state index contributed by atoms with van der Waals surface area (Å²) in [5.74, 6) is -0.951. The van der Waals surface area contributed by atoms with E-state index in [0.717, 1.165) is 43.1 Å². The van der Waals surface area contributed by atoms with Crippen LogP contribution in [-0.4, -0.2) is 68.5 Å². The van der Waals surface area contributed by atoms with Crippen molar-refractivity contribution in [2.75, 3.05) is 46.9 Å². The van der Waals surface area contributed by atoms with E-state index in [2.05, 4.69) is 27.5 Å². The van der Waals surface area contributed by atoms with Gasteiger partial charge >= 0.3 is 11.8 Å². The summed E-state index contributed by atoms with van der Waals surface area (Å²) < 4.78 is 18.5. The molecule has 0 saturated carbocycles. The van der Waals surface area contributed by atoms with E-state index < -0.39 is 11.8 Å². The van der Waals surface area contributed by atoms with Gasteiger partial charge < -0.3 is 20.3 Å². The van der Waals surface area contributed by atoms with Gasteiger partial charge in [0.05, 0.1) is 13.2 Å².